The van der Waals surface area contributed by atoms with Gasteiger partial charge in [-0.3, -0.25) is 0 Å². The second-order valence-corrected chi connectivity index (χ2v) is 4.74. The standard InChI is InChI=1S/C12H13F3O3S/c13-12(14,15)5-1-6-18-8-10-9(4-7-19-10)2-3-11(16)17/h2-4,7H,1,5-6,8H2,(H,16,17)/b3-2+. The zero-order chi connectivity index (χ0) is 14.3. The average Bonchev–Trinajstić information content (AvgIpc) is 2.72. The summed E-state index contributed by atoms with van der Waals surface area (Å²) in [6.45, 7) is 0.217. The summed E-state index contributed by atoms with van der Waals surface area (Å²) in [5, 5.41) is 10.3. The van der Waals surface area contributed by atoms with Crippen LogP contribution in [0.3, 0.4) is 0 Å². The first-order valence-corrected chi connectivity index (χ1v) is 6.38. The molecule has 0 bridgehead atoms. The molecule has 0 saturated carbocycles. The highest BCUT2D eigenvalue weighted by Gasteiger charge is 2.25. The van der Waals surface area contributed by atoms with Crippen LogP contribution in [0, 0.1) is 0 Å². The molecule has 0 aliphatic rings. The molecule has 0 amide bonds. The summed E-state index contributed by atoms with van der Waals surface area (Å²) in [6.07, 6.45) is -2.64. The summed E-state index contributed by atoms with van der Waals surface area (Å²) in [6, 6.07) is 1.73. The number of carboxylic acid groups (broad SMARTS) is 1. The number of rotatable bonds is 7. The molecule has 1 N–H and O–H groups in total. The van der Waals surface area contributed by atoms with E-state index in [2.05, 4.69) is 0 Å². The van der Waals surface area contributed by atoms with Crippen molar-refractivity contribution in [2.24, 2.45) is 0 Å². The van der Waals surface area contributed by atoms with Crippen LogP contribution in [-0.4, -0.2) is 23.9 Å². The van der Waals surface area contributed by atoms with Crippen LogP contribution in [-0.2, 0) is 16.1 Å². The third kappa shape index (κ3) is 6.97. The summed E-state index contributed by atoms with van der Waals surface area (Å²) in [5.74, 6) is -1.05. The Bertz CT molecular complexity index is 438. The normalized spacial score (nSPS) is 12.2. The van der Waals surface area contributed by atoms with Crippen LogP contribution in [0.5, 0.6) is 0 Å². The van der Waals surface area contributed by atoms with E-state index >= 15 is 0 Å². The second kappa shape index (κ2) is 7.30. The van der Waals surface area contributed by atoms with Crippen LogP contribution in [0.15, 0.2) is 17.5 Å². The molecule has 1 aromatic rings. The van der Waals surface area contributed by atoms with Crippen LogP contribution in [0.2, 0.25) is 0 Å². The number of thiophene rings is 1. The molecule has 19 heavy (non-hydrogen) atoms. The Morgan fingerprint density at radius 2 is 2.21 bits per heavy atom. The molecule has 106 valence electrons. The highest BCUT2D eigenvalue weighted by Crippen LogP contribution is 2.22. The predicted octanol–water partition coefficient (Wildman–Crippen LogP) is 3.71. The lowest BCUT2D eigenvalue weighted by molar-refractivity contribution is -0.138. The molecule has 0 saturated heterocycles. The maximum atomic E-state index is 11.9. The van der Waals surface area contributed by atoms with Crippen molar-refractivity contribution in [3.05, 3.63) is 28.0 Å². The number of halogens is 3. The molecule has 0 radical (unpaired) electrons. The molecule has 0 aliphatic heterocycles. The first-order chi connectivity index (χ1) is 8.88. The maximum Gasteiger partial charge on any atom is 0.389 e. The average molecular weight is 294 g/mol. The fraction of sp³-hybridized carbons (Fsp3) is 0.417. The van der Waals surface area contributed by atoms with E-state index in [-0.39, 0.29) is 19.6 Å². The van der Waals surface area contributed by atoms with Crippen LogP contribution in [0.25, 0.3) is 6.08 Å². The van der Waals surface area contributed by atoms with E-state index < -0.39 is 18.6 Å². The summed E-state index contributed by atoms with van der Waals surface area (Å²) in [7, 11) is 0. The molecule has 0 aromatic carbocycles. The third-order valence-corrected chi connectivity index (χ3v) is 3.08. The summed E-state index contributed by atoms with van der Waals surface area (Å²) in [5.41, 5.74) is 0.711. The van der Waals surface area contributed by atoms with E-state index in [4.69, 9.17) is 9.84 Å². The van der Waals surface area contributed by atoms with E-state index in [9.17, 15) is 18.0 Å². The maximum absolute atomic E-state index is 11.9. The van der Waals surface area contributed by atoms with E-state index in [1.54, 1.807) is 11.4 Å². The highest BCUT2D eigenvalue weighted by atomic mass is 32.1. The quantitative estimate of drug-likeness (QED) is 0.616. The van der Waals surface area contributed by atoms with Crippen LogP contribution >= 0.6 is 11.3 Å². The SMILES string of the molecule is O=C(O)/C=C/c1ccsc1COCCCC(F)(F)F. The molecule has 0 fully saturated rings. The van der Waals surface area contributed by atoms with Gasteiger partial charge in [0.05, 0.1) is 6.61 Å². The van der Waals surface area contributed by atoms with Gasteiger partial charge >= 0.3 is 12.1 Å². The van der Waals surface area contributed by atoms with Crippen LogP contribution < -0.4 is 0 Å². The van der Waals surface area contributed by atoms with Crippen molar-refractivity contribution in [3.8, 4) is 0 Å². The topological polar surface area (TPSA) is 46.5 Å². The van der Waals surface area contributed by atoms with E-state index in [1.807, 2.05) is 0 Å². The van der Waals surface area contributed by atoms with Crippen molar-refractivity contribution in [2.45, 2.75) is 25.6 Å². The smallest absolute Gasteiger partial charge is 0.389 e. The minimum atomic E-state index is -4.15. The zero-order valence-corrected chi connectivity index (χ0v) is 10.8. The number of ether oxygens (including phenoxy) is 1. The Hall–Kier alpha value is -1.34. The molecule has 1 heterocycles. The van der Waals surface area contributed by atoms with Crippen molar-refractivity contribution in [1.82, 2.24) is 0 Å². The van der Waals surface area contributed by atoms with Gasteiger partial charge in [0, 0.05) is 24.0 Å². The third-order valence-electron chi connectivity index (χ3n) is 2.17. The Balaban J connectivity index is 2.34. The van der Waals surface area contributed by atoms with E-state index in [0.29, 0.717) is 5.56 Å². The molecule has 1 rings (SSSR count). The van der Waals surface area contributed by atoms with Crippen molar-refractivity contribution < 1.29 is 27.8 Å². The van der Waals surface area contributed by atoms with Crippen LogP contribution in [0.1, 0.15) is 23.3 Å². The van der Waals surface area contributed by atoms with Gasteiger partial charge in [0.25, 0.3) is 0 Å². The van der Waals surface area contributed by atoms with Gasteiger partial charge in [-0.05, 0) is 29.5 Å². The zero-order valence-electron chi connectivity index (χ0n) is 9.94. The molecule has 1 aromatic heterocycles. The van der Waals surface area contributed by atoms with Crippen molar-refractivity contribution in [3.63, 3.8) is 0 Å². The Labute approximate surface area is 112 Å². The molecule has 0 aliphatic carbocycles. The van der Waals surface area contributed by atoms with Gasteiger partial charge < -0.3 is 9.84 Å². The second-order valence-electron chi connectivity index (χ2n) is 3.74. The Morgan fingerprint density at radius 3 is 2.84 bits per heavy atom. The lowest BCUT2D eigenvalue weighted by atomic mass is 10.2. The number of hydrogen-bond acceptors (Lipinski definition) is 3. The predicted molar refractivity (Wildman–Crippen MR) is 65.9 cm³/mol. The molecule has 0 unspecified atom stereocenters. The molecular formula is C12H13F3O3S. The number of carbonyl (C=O) groups is 1. The van der Waals surface area contributed by atoms with Crippen molar-refractivity contribution >= 4 is 23.4 Å². The molecule has 0 atom stereocenters. The molecular weight excluding hydrogens is 281 g/mol. The first kappa shape index (κ1) is 15.7. The van der Waals surface area contributed by atoms with Gasteiger partial charge in [-0.25, -0.2) is 4.79 Å². The van der Waals surface area contributed by atoms with Gasteiger partial charge in [-0.1, -0.05) is 0 Å². The lowest BCUT2D eigenvalue weighted by Gasteiger charge is -2.06. The van der Waals surface area contributed by atoms with E-state index in [0.717, 1.165) is 11.0 Å². The number of alkyl halides is 3. The van der Waals surface area contributed by atoms with Crippen molar-refractivity contribution in [1.29, 1.82) is 0 Å². The van der Waals surface area contributed by atoms with Gasteiger partial charge in [0.2, 0.25) is 0 Å². The van der Waals surface area contributed by atoms with E-state index in [1.165, 1.54) is 17.4 Å². The molecule has 3 nitrogen and oxygen atoms in total. The monoisotopic (exact) mass is 294 g/mol. The van der Waals surface area contributed by atoms with Gasteiger partial charge in [-0.15, -0.1) is 11.3 Å². The van der Waals surface area contributed by atoms with Crippen LogP contribution in [0.4, 0.5) is 13.2 Å². The lowest BCUT2D eigenvalue weighted by Crippen LogP contribution is -2.08. The summed E-state index contributed by atoms with van der Waals surface area (Å²) >= 11 is 1.37. The largest absolute Gasteiger partial charge is 0.478 e. The fourth-order valence-electron chi connectivity index (χ4n) is 1.32. The highest BCUT2D eigenvalue weighted by molar-refractivity contribution is 7.10. The summed E-state index contributed by atoms with van der Waals surface area (Å²) < 4.78 is 40.8. The van der Waals surface area contributed by atoms with Gasteiger partial charge in [0.1, 0.15) is 0 Å². The summed E-state index contributed by atoms with van der Waals surface area (Å²) in [4.78, 5) is 11.2. The number of aliphatic carboxylic acids is 1. The first-order valence-electron chi connectivity index (χ1n) is 5.50. The number of carboxylic acids is 1. The van der Waals surface area contributed by atoms with Gasteiger partial charge in [-0.2, -0.15) is 13.2 Å². The molecule has 0 spiro atoms. The minimum absolute atomic E-state index is 0.0273. The Kier molecular flexibility index (Phi) is 6.04. The van der Waals surface area contributed by atoms with Gasteiger partial charge in [0.15, 0.2) is 0 Å². The molecule has 7 heteroatoms. The fourth-order valence-corrected chi connectivity index (χ4v) is 2.12. The van der Waals surface area contributed by atoms with Crippen molar-refractivity contribution in [2.75, 3.05) is 6.61 Å². The number of hydrogen-bond donors (Lipinski definition) is 1. The minimum Gasteiger partial charge on any atom is -0.478 e. The Morgan fingerprint density at radius 1 is 1.47 bits per heavy atom.